The van der Waals surface area contributed by atoms with Crippen molar-refractivity contribution in [3.8, 4) is 0 Å². The van der Waals surface area contributed by atoms with E-state index in [0.717, 1.165) is 13.1 Å². The average molecular weight is 244 g/mol. The Bertz CT molecular complexity index is 468. The van der Waals surface area contributed by atoms with Crippen LogP contribution in [0.5, 0.6) is 0 Å². The van der Waals surface area contributed by atoms with Gasteiger partial charge in [0.25, 0.3) is 0 Å². The van der Waals surface area contributed by atoms with Crippen LogP contribution < -0.4 is 5.73 Å². The summed E-state index contributed by atoms with van der Waals surface area (Å²) in [5, 5.41) is 2.13. The Morgan fingerprint density at radius 1 is 1.12 bits per heavy atom. The first-order valence-electron chi connectivity index (χ1n) is 5.93. The van der Waals surface area contributed by atoms with E-state index < -0.39 is 0 Å². The number of nitrogens with two attached hydrogens (primary N) is 1. The fraction of sp³-hybridized carbons (Fsp3) is 0.286. The van der Waals surface area contributed by atoms with Gasteiger partial charge < -0.3 is 5.73 Å². The van der Waals surface area contributed by atoms with Gasteiger partial charge in [-0.15, -0.1) is 11.3 Å². The molecular formula is C14H16N2S. The van der Waals surface area contributed by atoms with Crippen LogP contribution in [0.2, 0.25) is 0 Å². The fourth-order valence-electron chi connectivity index (χ4n) is 2.51. The number of fused-ring (bicyclic) bond motifs is 1. The number of benzene rings is 1. The average Bonchev–Trinajstić information content (AvgIpc) is 2.98. The molecule has 3 rings (SSSR count). The lowest BCUT2D eigenvalue weighted by Gasteiger charge is -2.25. The van der Waals surface area contributed by atoms with Gasteiger partial charge in [-0.2, -0.15) is 0 Å². The topological polar surface area (TPSA) is 29.3 Å². The molecule has 2 N–H and O–H groups in total. The lowest BCUT2D eigenvalue weighted by molar-refractivity contribution is 0.208. The highest BCUT2D eigenvalue weighted by Crippen LogP contribution is 2.32. The Labute approximate surface area is 106 Å². The van der Waals surface area contributed by atoms with Crippen LogP contribution in [0.4, 0.5) is 0 Å². The van der Waals surface area contributed by atoms with Crippen molar-refractivity contribution < 1.29 is 0 Å². The van der Waals surface area contributed by atoms with Crippen LogP contribution in [0.25, 0.3) is 0 Å². The van der Waals surface area contributed by atoms with E-state index in [2.05, 4.69) is 46.7 Å². The molecule has 1 aliphatic rings. The van der Waals surface area contributed by atoms with Gasteiger partial charge in [0.15, 0.2) is 0 Å². The summed E-state index contributed by atoms with van der Waals surface area (Å²) in [5.74, 6) is 0. The van der Waals surface area contributed by atoms with Crippen LogP contribution in [0.3, 0.4) is 0 Å². The minimum absolute atomic E-state index is 0.363. The van der Waals surface area contributed by atoms with E-state index in [1.165, 1.54) is 16.0 Å². The van der Waals surface area contributed by atoms with Crippen LogP contribution in [-0.2, 0) is 13.1 Å². The van der Waals surface area contributed by atoms with Crippen LogP contribution in [-0.4, -0.2) is 11.4 Å². The molecule has 3 heteroatoms. The number of nitrogens with zero attached hydrogens (tertiary/aromatic N) is 1. The first-order valence-corrected chi connectivity index (χ1v) is 6.81. The molecule has 1 atom stereocenters. The smallest absolute Gasteiger partial charge is 0.0570 e. The largest absolute Gasteiger partial charge is 0.329 e. The molecule has 1 aromatic carbocycles. The van der Waals surface area contributed by atoms with Crippen molar-refractivity contribution in [2.24, 2.45) is 5.73 Å². The van der Waals surface area contributed by atoms with Crippen molar-refractivity contribution in [2.45, 2.75) is 19.1 Å². The predicted octanol–water partition coefficient (Wildman–Crippen LogP) is 2.76. The summed E-state index contributed by atoms with van der Waals surface area (Å²) < 4.78 is 0. The van der Waals surface area contributed by atoms with E-state index in [9.17, 15) is 0 Å². The summed E-state index contributed by atoms with van der Waals surface area (Å²) in [4.78, 5) is 3.84. The molecule has 88 valence electrons. The highest BCUT2D eigenvalue weighted by molar-refractivity contribution is 7.10. The lowest BCUT2D eigenvalue weighted by Crippen LogP contribution is -2.28. The van der Waals surface area contributed by atoms with Crippen molar-refractivity contribution in [1.29, 1.82) is 0 Å². The Hall–Kier alpha value is -1.16. The van der Waals surface area contributed by atoms with Crippen LogP contribution >= 0.6 is 11.3 Å². The fourth-order valence-corrected chi connectivity index (χ4v) is 3.38. The van der Waals surface area contributed by atoms with Gasteiger partial charge in [-0.3, -0.25) is 4.90 Å². The zero-order valence-corrected chi connectivity index (χ0v) is 10.5. The molecule has 0 saturated heterocycles. The molecule has 0 fully saturated rings. The van der Waals surface area contributed by atoms with Crippen molar-refractivity contribution in [2.75, 3.05) is 6.54 Å². The summed E-state index contributed by atoms with van der Waals surface area (Å²) in [7, 11) is 0. The second-order valence-corrected chi connectivity index (χ2v) is 5.42. The van der Waals surface area contributed by atoms with Gasteiger partial charge in [0.1, 0.15) is 0 Å². The quantitative estimate of drug-likeness (QED) is 0.899. The Kier molecular flexibility index (Phi) is 2.97. The normalized spacial score (nSPS) is 17.0. The van der Waals surface area contributed by atoms with Gasteiger partial charge in [0.2, 0.25) is 0 Å². The molecule has 0 saturated carbocycles. The lowest BCUT2D eigenvalue weighted by atomic mass is 10.1. The third-order valence-electron chi connectivity index (χ3n) is 3.40. The summed E-state index contributed by atoms with van der Waals surface area (Å²) >= 11 is 1.80. The molecule has 2 aromatic rings. The van der Waals surface area contributed by atoms with Crippen LogP contribution in [0.1, 0.15) is 22.0 Å². The van der Waals surface area contributed by atoms with Gasteiger partial charge in [0, 0.05) is 24.5 Å². The van der Waals surface area contributed by atoms with Gasteiger partial charge in [0.05, 0.1) is 6.04 Å². The second-order valence-electron chi connectivity index (χ2n) is 4.44. The SMILES string of the molecule is NCC(c1cccs1)N1Cc2ccccc2C1. The van der Waals surface area contributed by atoms with Crippen molar-refractivity contribution >= 4 is 11.3 Å². The summed E-state index contributed by atoms with van der Waals surface area (Å²) in [6.45, 7) is 2.74. The maximum Gasteiger partial charge on any atom is 0.0570 e. The number of thiophene rings is 1. The molecular weight excluding hydrogens is 228 g/mol. The minimum Gasteiger partial charge on any atom is -0.329 e. The highest BCUT2D eigenvalue weighted by atomic mass is 32.1. The first-order chi connectivity index (χ1) is 8.38. The predicted molar refractivity (Wildman–Crippen MR) is 71.8 cm³/mol. The third-order valence-corrected chi connectivity index (χ3v) is 4.37. The molecule has 2 heterocycles. The molecule has 1 unspecified atom stereocenters. The summed E-state index contributed by atoms with van der Waals surface area (Å²) in [6.07, 6.45) is 0. The van der Waals surface area contributed by atoms with E-state index in [1.807, 2.05) is 0 Å². The molecule has 0 spiro atoms. The van der Waals surface area contributed by atoms with E-state index in [-0.39, 0.29) is 0 Å². The van der Waals surface area contributed by atoms with E-state index in [1.54, 1.807) is 11.3 Å². The van der Waals surface area contributed by atoms with Crippen LogP contribution in [0.15, 0.2) is 41.8 Å². The Morgan fingerprint density at radius 2 is 1.82 bits per heavy atom. The van der Waals surface area contributed by atoms with Gasteiger partial charge in [-0.25, -0.2) is 0 Å². The molecule has 2 nitrogen and oxygen atoms in total. The zero-order valence-electron chi connectivity index (χ0n) is 9.67. The minimum atomic E-state index is 0.363. The van der Waals surface area contributed by atoms with E-state index in [0.29, 0.717) is 12.6 Å². The monoisotopic (exact) mass is 244 g/mol. The molecule has 0 bridgehead atoms. The summed E-state index contributed by atoms with van der Waals surface area (Å²) in [5.41, 5.74) is 8.84. The second kappa shape index (κ2) is 4.61. The Morgan fingerprint density at radius 3 is 2.35 bits per heavy atom. The molecule has 0 radical (unpaired) electrons. The molecule has 1 aliphatic heterocycles. The first kappa shape index (κ1) is 11.0. The summed E-state index contributed by atoms with van der Waals surface area (Å²) in [6, 6.07) is 13.3. The highest BCUT2D eigenvalue weighted by Gasteiger charge is 2.26. The standard InChI is InChI=1S/C14H16N2S/c15-8-13(14-6-3-7-17-14)16-9-11-4-1-2-5-12(11)10-16/h1-7,13H,8-10,15H2. The zero-order chi connectivity index (χ0) is 11.7. The Balaban J connectivity index is 1.83. The van der Waals surface area contributed by atoms with Gasteiger partial charge in [-0.1, -0.05) is 30.3 Å². The van der Waals surface area contributed by atoms with Crippen molar-refractivity contribution in [1.82, 2.24) is 4.90 Å². The molecule has 0 aliphatic carbocycles. The van der Waals surface area contributed by atoms with Crippen LogP contribution in [0, 0.1) is 0 Å². The molecule has 1 aromatic heterocycles. The maximum absolute atomic E-state index is 5.94. The van der Waals surface area contributed by atoms with Gasteiger partial charge in [-0.05, 0) is 22.6 Å². The number of hydrogen-bond acceptors (Lipinski definition) is 3. The van der Waals surface area contributed by atoms with Crippen molar-refractivity contribution in [3.63, 3.8) is 0 Å². The molecule has 17 heavy (non-hydrogen) atoms. The number of rotatable bonds is 3. The van der Waals surface area contributed by atoms with Gasteiger partial charge >= 0.3 is 0 Å². The van der Waals surface area contributed by atoms with Crippen molar-refractivity contribution in [3.05, 3.63) is 57.8 Å². The number of hydrogen-bond donors (Lipinski definition) is 1. The van der Waals surface area contributed by atoms with E-state index in [4.69, 9.17) is 5.73 Å². The maximum atomic E-state index is 5.94. The molecule has 0 amide bonds. The third kappa shape index (κ3) is 2.02. The van der Waals surface area contributed by atoms with E-state index >= 15 is 0 Å².